The average Bonchev–Trinajstić information content (AvgIpc) is 2.74. The van der Waals surface area contributed by atoms with E-state index in [0.29, 0.717) is 30.9 Å². The summed E-state index contributed by atoms with van der Waals surface area (Å²) in [6.45, 7) is 8.30. The molecule has 1 aliphatic rings. The van der Waals surface area contributed by atoms with E-state index in [1.807, 2.05) is 36.6 Å². The van der Waals surface area contributed by atoms with Crippen LogP contribution in [0, 0.1) is 12.8 Å². The lowest BCUT2D eigenvalue weighted by Gasteiger charge is -2.24. The van der Waals surface area contributed by atoms with E-state index in [-0.39, 0.29) is 17.7 Å². The molecule has 120 valence electrons. The van der Waals surface area contributed by atoms with E-state index in [4.69, 9.17) is 5.73 Å². The van der Waals surface area contributed by atoms with Gasteiger partial charge in [0, 0.05) is 43.3 Å². The molecule has 2 N–H and O–H groups in total. The Balaban J connectivity index is 2.09. The van der Waals surface area contributed by atoms with Crippen molar-refractivity contribution in [1.82, 2.24) is 9.80 Å². The molecule has 1 heterocycles. The first-order chi connectivity index (χ1) is 10.4. The lowest BCUT2D eigenvalue weighted by atomic mass is 10.1. The number of benzene rings is 1. The molecule has 0 radical (unpaired) electrons. The summed E-state index contributed by atoms with van der Waals surface area (Å²) in [5.74, 6) is 0.163. The Morgan fingerprint density at radius 3 is 2.41 bits per heavy atom. The van der Waals surface area contributed by atoms with Crippen molar-refractivity contribution in [2.45, 2.75) is 27.2 Å². The predicted molar refractivity (Wildman–Crippen MR) is 87.5 cm³/mol. The number of nitrogens with two attached hydrogens (primary N) is 1. The highest BCUT2D eigenvalue weighted by atomic mass is 16.2. The molecule has 0 atom stereocenters. The highest BCUT2D eigenvalue weighted by molar-refractivity contribution is 5.96. The maximum Gasteiger partial charge on any atom is 0.254 e. The summed E-state index contributed by atoms with van der Waals surface area (Å²) in [4.78, 5) is 28.5. The SMILES string of the molecule is Cc1ccc(N)cc1C(=O)N1CCCN(C(=O)C(C)C)CC1. The van der Waals surface area contributed by atoms with Gasteiger partial charge in [-0.15, -0.1) is 0 Å². The van der Waals surface area contributed by atoms with Gasteiger partial charge < -0.3 is 15.5 Å². The maximum atomic E-state index is 12.7. The molecule has 2 rings (SSSR count). The number of nitrogens with zero attached hydrogens (tertiary/aromatic N) is 2. The minimum atomic E-state index is -0.00147. The number of hydrogen-bond acceptors (Lipinski definition) is 3. The van der Waals surface area contributed by atoms with Gasteiger partial charge in [-0.1, -0.05) is 19.9 Å². The average molecular weight is 303 g/mol. The Morgan fingerprint density at radius 2 is 1.73 bits per heavy atom. The zero-order valence-corrected chi connectivity index (χ0v) is 13.6. The molecule has 0 saturated carbocycles. The number of anilines is 1. The summed E-state index contributed by atoms with van der Waals surface area (Å²) in [5, 5.41) is 0. The van der Waals surface area contributed by atoms with Crippen LogP contribution in [0.15, 0.2) is 18.2 Å². The summed E-state index contributed by atoms with van der Waals surface area (Å²) in [6, 6.07) is 5.41. The smallest absolute Gasteiger partial charge is 0.254 e. The van der Waals surface area contributed by atoms with Crippen LogP contribution in [0.2, 0.25) is 0 Å². The van der Waals surface area contributed by atoms with Crippen LogP contribution in [0.25, 0.3) is 0 Å². The van der Waals surface area contributed by atoms with E-state index in [1.165, 1.54) is 0 Å². The molecule has 22 heavy (non-hydrogen) atoms. The van der Waals surface area contributed by atoms with Gasteiger partial charge in [0.05, 0.1) is 0 Å². The fraction of sp³-hybridized carbons (Fsp3) is 0.529. The van der Waals surface area contributed by atoms with Gasteiger partial charge in [-0.05, 0) is 31.0 Å². The Kier molecular flexibility index (Phi) is 5.06. The van der Waals surface area contributed by atoms with Gasteiger partial charge in [0.25, 0.3) is 5.91 Å². The molecular formula is C17H25N3O2. The second kappa shape index (κ2) is 6.81. The van der Waals surface area contributed by atoms with Gasteiger partial charge >= 0.3 is 0 Å². The lowest BCUT2D eigenvalue weighted by Crippen LogP contribution is -2.39. The molecule has 5 nitrogen and oxygen atoms in total. The van der Waals surface area contributed by atoms with Crippen molar-refractivity contribution >= 4 is 17.5 Å². The second-order valence-electron chi connectivity index (χ2n) is 6.20. The first-order valence-electron chi connectivity index (χ1n) is 7.84. The quantitative estimate of drug-likeness (QED) is 0.849. The Morgan fingerprint density at radius 1 is 1.09 bits per heavy atom. The Bertz CT molecular complexity index is 569. The third-order valence-electron chi connectivity index (χ3n) is 4.08. The monoisotopic (exact) mass is 303 g/mol. The number of nitrogen functional groups attached to an aromatic ring is 1. The highest BCUT2D eigenvalue weighted by Gasteiger charge is 2.24. The van der Waals surface area contributed by atoms with Gasteiger partial charge in [0.1, 0.15) is 0 Å². The first-order valence-corrected chi connectivity index (χ1v) is 7.84. The molecule has 0 spiro atoms. The third-order valence-corrected chi connectivity index (χ3v) is 4.08. The number of hydrogen-bond donors (Lipinski definition) is 1. The Labute approximate surface area is 132 Å². The van der Waals surface area contributed by atoms with Crippen molar-refractivity contribution in [2.24, 2.45) is 5.92 Å². The molecule has 1 aliphatic heterocycles. The molecule has 5 heteroatoms. The van der Waals surface area contributed by atoms with Crippen molar-refractivity contribution in [3.05, 3.63) is 29.3 Å². The first kappa shape index (κ1) is 16.3. The zero-order valence-electron chi connectivity index (χ0n) is 13.6. The van der Waals surface area contributed by atoms with Crippen LogP contribution >= 0.6 is 0 Å². The van der Waals surface area contributed by atoms with Crippen LogP contribution in [0.3, 0.4) is 0 Å². The zero-order chi connectivity index (χ0) is 16.3. The summed E-state index contributed by atoms with van der Waals surface area (Å²) in [7, 11) is 0. The topological polar surface area (TPSA) is 66.6 Å². The van der Waals surface area contributed by atoms with E-state index in [9.17, 15) is 9.59 Å². The van der Waals surface area contributed by atoms with Crippen LogP contribution < -0.4 is 5.73 Å². The molecule has 0 bridgehead atoms. The predicted octanol–water partition coefficient (Wildman–Crippen LogP) is 1.91. The minimum Gasteiger partial charge on any atom is -0.399 e. The van der Waals surface area contributed by atoms with E-state index < -0.39 is 0 Å². The van der Waals surface area contributed by atoms with Gasteiger partial charge in [-0.25, -0.2) is 0 Å². The molecular weight excluding hydrogens is 278 g/mol. The molecule has 1 fully saturated rings. The number of carbonyl (C=O) groups excluding carboxylic acids is 2. The van der Waals surface area contributed by atoms with Crippen molar-refractivity contribution in [3.63, 3.8) is 0 Å². The van der Waals surface area contributed by atoms with Crippen molar-refractivity contribution in [3.8, 4) is 0 Å². The molecule has 1 aromatic rings. The van der Waals surface area contributed by atoms with E-state index in [2.05, 4.69) is 0 Å². The van der Waals surface area contributed by atoms with Crippen molar-refractivity contribution < 1.29 is 9.59 Å². The number of aryl methyl sites for hydroxylation is 1. The van der Waals surface area contributed by atoms with E-state index in [0.717, 1.165) is 18.5 Å². The minimum absolute atomic E-state index is 0.00147. The Hall–Kier alpha value is -2.04. The van der Waals surface area contributed by atoms with Crippen LogP contribution in [-0.2, 0) is 4.79 Å². The molecule has 1 aromatic carbocycles. The molecule has 0 unspecified atom stereocenters. The highest BCUT2D eigenvalue weighted by Crippen LogP contribution is 2.17. The second-order valence-corrected chi connectivity index (χ2v) is 6.20. The van der Waals surface area contributed by atoms with Gasteiger partial charge in [0.2, 0.25) is 5.91 Å². The van der Waals surface area contributed by atoms with Gasteiger partial charge in [0.15, 0.2) is 0 Å². The van der Waals surface area contributed by atoms with Crippen molar-refractivity contribution in [1.29, 1.82) is 0 Å². The molecule has 0 aromatic heterocycles. The summed E-state index contributed by atoms with van der Waals surface area (Å²) in [5.41, 5.74) is 7.98. The largest absolute Gasteiger partial charge is 0.399 e. The van der Waals surface area contributed by atoms with Crippen LogP contribution in [-0.4, -0.2) is 47.8 Å². The number of carbonyl (C=O) groups is 2. The fourth-order valence-corrected chi connectivity index (χ4v) is 2.75. The maximum absolute atomic E-state index is 12.7. The molecule has 1 saturated heterocycles. The van der Waals surface area contributed by atoms with Crippen molar-refractivity contribution in [2.75, 3.05) is 31.9 Å². The fourth-order valence-electron chi connectivity index (χ4n) is 2.75. The normalized spacial score (nSPS) is 15.8. The van der Waals surface area contributed by atoms with E-state index in [1.54, 1.807) is 12.1 Å². The van der Waals surface area contributed by atoms with Crippen LogP contribution in [0.4, 0.5) is 5.69 Å². The summed E-state index contributed by atoms with van der Waals surface area (Å²) in [6.07, 6.45) is 0.811. The van der Waals surface area contributed by atoms with E-state index >= 15 is 0 Å². The van der Waals surface area contributed by atoms with Crippen LogP contribution in [0.1, 0.15) is 36.2 Å². The molecule has 2 amide bonds. The summed E-state index contributed by atoms with van der Waals surface area (Å²) >= 11 is 0. The third kappa shape index (κ3) is 3.59. The number of rotatable bonds is 2. The van der Waals surface area contributed by atoms with Gasteiger partial charge in [-0.2, -0.15) is 0 Å². The number of amides is 2. The van der Waals surface area contributed by atoms with Crippen LogP contribution in [0.5, 0.6) is 0 Å². The summed E-state index contributed by atoms with van der Waals surface area (Å²) < 4.78 is 0. The standard InChI is InChI=1S/C17H25N3O2/c1-12(2)16(21)19-7-4-8-20(10-9-19)17(22)15-11-14(18)6-5-13(15)3/h5-6,11-12H,4,7-10,18H2,1-3H3. The lowest BCUT2D eigenvalue weighted by molar-refractivity contribution is -0.134. The molecule has 0 aliphatic carbocycles. The van der Waals surface area contributed by atoms with Gasteiger partial charge in [-0.3, -0.25) is 9.59 Å².